The summed E-state index contributed by atoms with van der Waals surface area (Å²) in [6.45, 7) is 0. The first-order valence-corrected chi connectivity index (χ1v) is 14.1. The third-order valence-electron chi connectivity index (χ3n) is 7.91. The first-order valence-electron chi connectivity index (χ1n) is 13.7. The van der Waals surface area contributed by atoms with Crippen molar-refractivity contribution in [3.63, 3.8) is 0 Å². The lowest BCUT2D eigenvalue weighted by atomic mass is 9.97. The van der Waals surface area contributed by atoms with Crippen LogP contribution in [0.2, 0.25) is 5.02 Å². The molecule has 0 saturated carbocycles. The van der Waals surface area contributed by atoms with E-state index in [2.05, 4.69) is 138 Å². The molecule has 0 unspecified atom stereocenters. The molecule has 0 atom stereocenters. The zero-order valence-electron chi connectivity index (χ0n) is 22.1. The predicted octanol–water partition coefficient (Wildman–Crippen LogP) is 11.7. The van der Waals surface area contributed by atoms with Gasteiger partial charge < -0.3 is 9.32 Å². The summed E-state index contributed by atoms with van der Waals surface area (Å²) in [7, 11) is 0. The van der Waals surface area contributed by atoms with Crippen LogP contribution in [0, 0.1) is 0 Å². The number of hydrogen-bond donors (Lipinski definition) is 0. The van der Waals surface area contributed by atoms with E-state index in [0.717, 1.165) is 76.7 Å². The summed E-state index contributed by atoms with van der Waals surface area (Å²) in [5, 5.41) is 7.35. The number of furan rings is 1. The molecule has 0 aliphatic rings. The Balaban J connectivity index is 1.39. The smallest absolute Gasteiger partial charge is 0.143 e. The molecule has 0 amide bonds. The van der Waals surface area contributed by atoms with Crippen LogP contribution >= 0.6 is 11.6 Å². The summed E-state index contributed by atoms with van der Waals surface area (Å²) in [5.74, 6) is 0. The Morgan fingerprint density at radius 1 is 0.463 bits per heavy atom. The zero-order chi connectivity index (χ0) is 27.3. The Bertz CT molecular complexity index is 2180. The average Bonchev–Trinajstić information content (AvgIpc) is 3.41. The van der Waals surface area contributed by atoms with Gasteiger partial charge in [-0.3, -0.25) is 0 Å². The molecule has 0 aliphatic carbocycles. The summed E-state index contributed by atoms with van der Waals surface area (Å²) >= 11 is 6.53. The quantitative estimate of drug-likeness (QED) is 0.218. The highest BCUT2D eigenvalue weighted by molar-refractivity contribution is 6.36. The molecule has 0 fully saturated rings. The van der Waals surface area contributed by atoms with Crippen molar-refractivity contribution in [3.8, 4) is 11.1 Å². The van der Waals surface area contributed by atoms with Crippen molar-refractivity contribution in [1.29, 1.82) is 0 Å². The fourth-order valence-electron chi connectivity index (χ4n) is 6.03. The van der Waals surface area contributed by atoms with Gasteiger partial charge in [0.15, 0.2) is 0 Å². The molecular weight excluding hydrogens is 522 g/mol. The van der Waals surface area contributed by atoms with Crippen molar-refractivity contribution in [3.05, 3.63) is 151 Å². The maximum atomic E-state index is 6.67. The standard InChI is InChI=1S/C38H24ClNO/c39-35-22-21-28(29-15-7-8-16-30(29)35)25-19-20-32-34-24-36(31-17-9-10-18-33(31)38(34)41-37(32)23-25)40(26-11-3-1-4-12-26)27-13-5-2-6-14-27/h1-24H. The van der Waals surface area contributed by atoms with Crippen molar-refractivity contribution in [2.75, 3.05) is 4.90 Å². The predicted molar refractivity (Wildman–Crippen MR) is 174 cm³/mol. The van der Waals surface area contributed by atoms with Crippen LogP contribution in [0.25, 0.3) is 54.6 Å². The Labute approximate surface area is 242 Å². The average molecular weight is 546 g/mol. The molecule has 0 aliphatic heterocycles. The van der Waals surface area contributed by atoms with Crippen LogP contribution in [0.1, 0.15) is 0 Å². The van der Waals surface area contributed by atoms with Gasteiger partial charge in [-0.2, -0.15) is 0 Å². The number of nitrogens with zero attached hydrogens (tertiary/aromatic N) is 1. The van der Waals surface area contributed by atoms with Gasteiger partial charge >= 0.3 is 0 Å². The minimum Gasteiger partial charge on any atom is -0.455 e. The van der Waals surface area contributed by atoms with E-state index >= 15 is 0 Å². The SMILES string of the molecule is Clc1ccc(-c2ccc3c(c2)oc2c4ccccc4c(N(c4ccccc4)c4ccccc4)cc32)c2ccccc12. The van der Waals surface area contributed by atoms with Gasteiger partial charge in [0.05, 0.1) is 5.69 Å². The Hall–Kier alpha value is -5.05. The first-order chi connectivity index (χ1) is 20.3. The Morgan fingerprint density at radius 3 is 1.78 bits per heavy atom. The molecule has 3 heteroatoms. The van der Waals surface area contributed by atoms with E-state index in [1.54, 1.807) is 0 Å². The van der Waals surface area contributed by atoms with Gasteiger partial charge in [-0.05, 0) is 65.0 Å². The van der Waals surface area contributed by atoms with Crippen molar-refractivity contribution in [1.82, 2.24) is 0 Å². The number of hydrogen-bond acceptors (Lipinski definition) is 2. The van der Waals surface area contributed by atoms with Gasteiger partial charge in [-0.25, -0.2) is 0 Å². The second-order valence-corrected chi connectivity index (χ2v) is 10.7. The molecular formula is C38H24ClNO. The highest BCUT2D eigenvalue weighted by atomic mass is 35.5. The minimum atomic E-state index is 0.759. The minimum absolute atomic E-state index is 0.759. The van der Waals surface area contributed by atoms with Crippen molar-refractivity contribution < 1.29 is 4.42 Å². The van der Waals surface area contributed by atoms with Gasteiger partial charge in [0.1, 0.15) is 11.2 Å². The van der Waals surface area contributed by atoms with E-state index in [1.807, 2.05) is 12.1 Å². The van der Waals surface area contributed by atoms with Gasteiger partial charge in [-0.15, -0.1) is 0 Å². The lowest BCUT2D eigenvalue weighted by molar-refractivity contribution is 0.673. The lowest BCUT2D eigenvalue weighted by Gasteiger charge is -2.27. The molecule has 7 aromatic carbocycles. The summed E-state index contributed by atoms with van der Waals surface area (Å²) in [5.41, 5.74) is 7.33. The lowest BCUT2D eigenvalue weighted by Crippen LogP contribution is -2.10. The van der Waals surface area contributed by atoms with Gasteiger partial charge in [0, 0.05) is 43.3 Å². The molecule has 0 N–H and O–H groups in total. The monoisotopic (exact) mass is 545 g/mol. The van der Waals surface area contributed by atoms with E-state index in [1.165, 1.54) is 0 Å². The summed E-state index contributed by atoms with van der Waals surface area (Å²) in [6.07, 6.45) is 0. The zero-order valence-corrected chi connectivity index (χ0v) is 22.8. The second-order valence-electron chi connectivity index (χ2n) is 10.3. The van der Waals surface area contributed by atoms with E-state index in [0.29, 0.717) is 0 Å². The molecule has 8 aromatic rings. The Morgan fingerprint density at radius 2 is 1.07 bits per heavy atom. The highest BCUT2D eigenvalue weighted by Gasteiger charge is 2.20. The molecule has 1 aromatic heterocycles. The number of benzene rings is 7. The number of anilines is 3. The van der Waals surface area contributed by atoms with Crippen molar-refractivity contribution >= 4 is 72.1 Å². The van der Waals surface area contributed by atoms with Crippen LogP contribution in [0.4, 0.5) is 17.1 Å². The molecule has 0 spiro atoms. The van der Waals surface area contributed by atoms with Crippen molar-refractivity contribution in [2.24, 2.45) is 0 Å². The molecule has 0 radical (unpaired) electrons. The van der Waals surface area contributed by atoms with E-state index < -0.39 is 0 Å². The molecule has 2 nitrogen and oxygen atoms in total. The fourth-order valence-corrected chi connectivity index (χ4v) is 6.25. The number of halogens is 1. The topological polar surface area (TPSA) is 16.4 Å². The van der Waals surface area contributed by atoms with E-state index in [9.17, 15) is 0 Å². The van der Waals surface area contributed by atoms with Crippen LogP contribution in [0.5, 0.6) is 0 Å². The van der Waals surface area contributed by atoms with E-state index in [-0.39, 0.29) is 0 Å². The van der Waals surface area contributed by atoms with E-state index in [4.69, 9.17) is 16.0 Å². The summed E-state index contributed by atoms with van der Waals surface area (Å²) < 4.78 is 6.67. The molecule has 194 valence electrons. The molecule has 1 heterocycles. The first kappa shape index (κ1) is 23.8. The number of rotatable bonds is 4. The van der Waals surface area contributed by atoms with Crippen LogP contribution in [0.3, 0.4) is 0 Å². The van der Waals surface area contributed by atoms with Crippen LogP contribution in [-0.4, -0.2) is 0 Å². The maximum absolute atomic E-state index is 6.67. The molecule has 8 rings (SSSR count). The van der Waals surface area contributed by atoms with Gasteiger partial charge in [0.25, 0.3) is 0 Å². The van der Waals surface area contributed by atoms with Crippen LogP contribution < -0.4 is 4.90 Å². The molecule has 41 heavy (non-hydrogen) atoms. The molecule has 0 bridgehead atoms. The largest absolute Gasteiger partial charge is 0.455 e. The number of para-hydroxylation sites is 2. The fraction of sp³-hybridized carbons (Fsp3) is 0. The molecule has 0 saturated heterocycles. The highest BCUT2D eigenvalue weighted by Crippen LogP contribution is 2.45. The third-order valence-corrected chi connectivity index (χ3v) is 8.24. The summed E-state index contributed by atoms with van der Waals surface area (Å²) in [6, 6.07) is 50.7. The maximum Gasteiger partial charge on any atom is 0.143 e. The summed E-state index contributed by atoms with van der Waals surface area (Å²) in [4.78, 5) is 2.33. The normalized spacial score (nSPS) is 11.5. The second kappa shape index (κ2) is 9.55. The Kier molecular flexibility index (Phi) is 5.54. The third kappa shape index (κ3) is 3.88. The van der Waals surface area contributed by atoms with Crippen molar-refractivity contribution in [2.45, 2.75) is 0 Å². The van der Waals surface area contributed by atoms with Crippen LogP contribution in [0.15, 0.2) is 150 Å². The number of fused-ring (bicyclic) bond motifs is 6. The van der Waals surface area contributed by atoms with Crippen LogP contribution in [-0.2, 0) is 0 Å². The van der Waals surface area contributed by atoms with Gasteiger partial charge in [0.2, 0.25) is 0 Å². The van der Waals surface area contributed by atoms with Gasteiger partial charge in [-0.1, -0.05) is 109 Å².